The van der Waals surface area contributed by atoms with Gasteiger partial charge in [-0.1, -0.05) is 19.9 Å². The zero-order valence-corrected chi connectivity index (χ0v) is 10.6. The average Bonchev–Trinajstić information content (AvgIpc) is 2.31. The highest BCUT2D eigenvalue weighted by Gasteiger charge is 2.07. The van der Waals surface area contributed by atoms with E-state index in [1.807, 2.05) is 13.0 Å². The molecule has 1 atom stereocenters. The van der Waals surface area contributed by atoms with Crippen LogP contribution in [0.1, 0.15) is 38.3 Å². The maximum Gasteiger partial charge on any atom is 0.119 e. The van der Waals surface area contributed by atoms with Gasteiger partial charge in [-0.3, -0.25) is 0 Å². The van der Waals surface area contributed by atoms with Crippen molar-refractivity contribution in [2.24, 2.45) is 5.73 Å². The molecule has 0 saturated carbocycles. The lowest BCUT2D eigenvalue weighted by molar-refractivity contribution is 0.340. The minimum absolute atomic E-state index is 0.267. The third-order valence-corrected chi connectivity index (χ3v) is 2.88. The second-order valence-electron chi connectivity index (χ2n) is 4.09. The summed E-state index contributed by atoms with van der Waals surface area (Å²) in [6.07, 6.45) is 3.02. The van der Waals surface area contributed by atoms with Crippen molar-refractivity contribution in [2.45, 2.75) is 46.1 Å². The van der Waals surface area contributed by atoms with E-state index in [9.17, 15) is 0 Å². The Morgan fingerprint density at radius 2 is 1.94 bits per heavy atom. The molecule has 0 spiro atoms. The smallest absolute Gasteiger partial charge is 0.119 e. The molecule has 0 aliphatic heterocycles. The van der Waals surface area contributed by atoms with Gasteiger partial charge in [-0.15, -0.1) is 0 Å². The maximum atomic E-state index is 5.99. The van der Waals surface area contributed by atoms with Gasteiger partial charge in [0.15, 0.2) is 0 Å². The Bertz CT molecular complexity index is 323. The molecule has 1 aromatic rings. The molecule has 1 aromatic carbocycles. The molecule has 0 heterocycles. The number of hydrogen-bond donors (Lipinski definition) is 1. The van der Waals surface area contributed by atoms with Crippen molar-refractivity contribution in [3.63, 3.8) is 0 Å². The molecular weight excluding hydrogens is 198 g/mol. The number of aryl methyl sites for hydroxylation is 1. The first kappa shape index (κ1) is 13.0. The van der Waals surface area contributed by atoms with Crippen LogP contribution in [0.3, 0.4) is 0 Å². The minimum Gasteiger partial charge on any atom is -0.494 e. The van der Waals surface area contributed by atoms with E-state index in [2.05, 4.69) is 26.0 Å². The van der Waals surface area contributed by atoms with Crippen LogP contribution in [0, 0.1) is 0 Å². The van der Waals surface area contributed by atoms with Crippen LogP contribution in [0.25, 0.3) is 0 Å². The topological polar surface area (TPSA) is 35.2 Å². The van der Waals surface area contributed by atoms with Gasteiger partial charge in [-0.05, 0) is 49.4 Å². The predicted molar refractivity (Wildman–Crippen MR) is 69.0 cm³/mol. The SMILES string of the molecule is CCOc1ccc(CC(N)CC)c(CC)c1. The van der Waals surface area contributed by atoms with Gasteiger partial charge in [0.2, 0.25) is 0 Å². The van der Waals surface area contributed by atoms with Crippen LogP contribution in [-0.4, -0.2) is 12.6 Å². The summed E-state index contributed by atoms with van der Waals surface area (Å²) < 4.78 is 5.50. The maximum absolute atomic E-state index is 5.99. The van der Waals surface area contributed by atoms with E-state index in [0.717, 1.165) is 31.6 Å². The third-order valence-electron chi connectivity index (χ3n) is 2.88. The zero-order valence-electron chi connectivity index (χ0n) is 10.6. The van der Waals surface area contributed by atoms with Crippen molar-refractivity contribution >= 4 is 0 Å². The second kappa shape index (κ2) is 6.54. The molecular formula is C14H23NO. The van der Waals surface area contributed by atoms with Crippen molar-refractivity contribution < 1.29 is 4.74 Å². The molecule has 0 aliphatic carbocycles. The van der Waals surface area contributed by atoms with Crippen molar-refractivity contribution in [1.82, 2.24) is 0 Å². The van der Waals surface area contributed by atoms with Crippen LogP contribution in [0.5, 0.6) is 5.75 Å². The number of nitrogens with two attached hydrogens (primary N) is 1. The summed E-state index contributed by atoms with van der Waals surface area (Å²) in [4.78, 5) is 0. The fraction of sp³-hybridized carbons (Fsp3) is 0.571. The molecule has 1 unspecified atom stereocenters. The molecule has 90 valence electrons. The molecule has 16 heavy (non-hydrogen) atoms. The van der Waals surface area contributed by atoms with Crippen molar-refractivity contribution in [2.75, 3.05) is 6.61 Å². The van der Waals surface area contributed by atoms with Crippen LogP contribution in [0.15, 0.2) is 18.2 Å². The summed E-state index contributed by atoms with van der Waals surface area (Å²) in [5.74, 6) is 0.966. The summed E-state index contributed by atoms with van der Waals surface area (Å²) in [5.41, 5.74) is 8.71. The van der Waals surface area contributed by atoms with E-state index in [0.29, 0.717) is 0 Å². The molecule has 0 aromatic heterocycles. The van der Waals surface area contributed by atoms with Gasteiger partial charge < -0.3 is 10.5 Å². The standard InChI is InChI=1S/C14H23NO/c1-4-11-10-14(16-6-3)8-7-12(11)9-13(15)5-2/h7-8,10,13H,4-6,9,15H2,1-3H3. The second-order valence-corrected chi connectivity index (χ2v) is 4.09. The van der Waals surface area contributed by atoms with Gasteiger partial charge in [0.05, 0.1) is 6.61 Å². The fourth-order valence-corrected chi connectivity index (χ4v) is 1.81. The molecule has 2 heteroatoms. The Labute approximate surface area is 98.8 Å². The summed E-state index contributed by atoms with van der Waals surface area (Å²) in [6.45, 7) is 7.03. The molecule has 0 aliphatic rings. The first-order valence-electron chi connectivity index (χ1n) is 6.21. The van der Waals surface area contributed by atoms with Gasteiger partial charge in [0, 0.05) is 6.04 Å². The van der Waals surface area contributed by atoms with Crippen molar-refractivity contribution in [3.8, 4) is 5.75 Å². The summed E-state index contributed by atoms with van der Waals surface area (Å²) in [6, 6.07) is 6.60. The molecule has 2 N–H and O–H groups in total. The Balaban J connectivity index is 2.84. The summed E-state index contributed by atoms with van der Waals surface area (Å²) >= 11 is 0. The molecule has 0 saturated heterocycles. The van der Waals surface area contributed by atoms with Crippen molar-refractivity contribution in [1.29, 1.82) is 0 Å². The Hall–Kier alpha value is -1.02. The molecule has 2 nitrogen and oxygen atoms in total. The first-order valence-corrected chi connectivity index (χ1v) is 6.21. The van der Waals surface area contributed by atoms with Crippen molar-refractivity contribution in [3.05, 3.63) is 29.3 Å². The van der Waals surface area contributed by atoms with Crippen LogP contribution >= 0.6 is 0 Å². The molecule has 0 amide bonds. The highest BCUT2D eigenvalue weighted by molar-refractivity contribution is 5.36. The zero-order chi connectivity index (χ0) is 12.0. The minimum atomic E-state index is 0.267. The summed E-state index contributed by atoms with van der Waals surface area (Å²) in [7, 11) is 0. The fourth-order valence-electron chi connectivity index (χ4n) is 1.81. The normalized spacial score (nSPS) is 12.5. The highest BCUT2D eigenvalue weighted by Crippen LogP contribution is 2.20. The molecule has 0 radical (unpaired) electrons. The number of benzene rings is 1. The lowest BCUT2D eigenvalue weighted by Crippen LogP contribution is -2.22. The Morgan fingerprint density at radius 1 is 1.19 bits per heavy atom. The molecule has 0 bridgehead atoms. The highest BCUT2D eigenvalue weighted by atomic mass is 16.5. The van der Waals surface area contributed by atoms with E-state index in [1.165, 1.54) is 11.1 Å². The Morgan fingerprint density at radius 3 is 2.50 bits per heavy atom. The Kier molecular flexibility index (Phi) is 5.33. The van der Waals surface area contributed by atoms with E-state index < -0.39 is 0 Å². The lowest BCUT2D eigenvalue weighted by Gasteiger charge is -2.14. The van der Waals surface area contributed by atoms with Crippen LogP contribution in [0.4, 0.5) is 0 Å². The van der Waals surface area contributed by atoms with E-state index in [-0.39, 0.29) is 6.04 Å². The number of rotatable bonds is 6. The van der Waals surface area contributed by atoms with Crippen LogP contribution < -0.4 is 10.5 Å². The van der Waals surface area contributed by atoms with Crippen LogP contribution in [-0.2, 0) is 12.8 Å². The summed E-state index contributed by atoms with van der Waals surface area (Å²) in [5, 5.41) is 0. The number of hydrogen-bond acceptors (Lipinski definition) is 2. The van der Waals surface area contributed by atoms with Gasteiger partial charge in [0.25, 0.3) is 0 Å². The first-order chi connectivity index (χ1) is 7.71. The van der Waals surface area contributed by atoms with Crippen LogP contribution in [0.2, 0.25) is 0 Å². The lowest BCUT2D eigenvalue weighted by atomic mass is 9.97. The van der Waals surface area contributed by atoms with E-state index in [1.54, 1.807) is 0 Å². The predicted octanol–water partition coefficient (Wildman–Crippen LogP) is 2.93. The molecule has 0 fully saturated rings. The van der Waals surface area contributed by atoms with E-state index >= 15 is 0 Å². The molecule has 1 rings (SSSR count). The monoisotopic (exact) mass is 221 g/mol. The average molecular weight is 221 g/mol. The quantitative estimate of drug-likeness (QED) is 0.801. The van der Waals surface area contributed by atoms with Gasteiger partial charge in [-0.25, -0.2) is 0 Å². The largest absolute Gasteiger partial charge is 0.494 e. The number of ether oxygens (including phenoxy) is 1. The van der Waals surface area contributed by atoms with Gasteiger partial charge >= 0.3 is 0 Å². The van der Waals surface area contributed by atoms with Gasteiger partial charge in [0.1, 0.15) is 5.75 Å². The van der Waals surface area contributed by atoms with Gasteiger partial charge in [-0.2, -0.15) is 0 Å². The third kappa shape index (κ3) is 3.53. The van der Waals surface area contributed by atoms with E-state index in [4.69, 9.17) is 10.5 Å².